The van der Waals surface area contributed by atoms with Crippen LogP contribution in [0.2, 0.25) is 0 Å². The van der Waals surface area contributed by atoms with E-state index < -0.39 is 21.6 Å². The number of nitrogens with zero attached hydrogens (tertiary/aromatic N) is 1. The maximum absolute atomic E-state index is 12.1. The Morgan fingerprint density at radius 2 is 1.90 bits per heavy atom. The minimum Gasteiger partial charge on any atom is -0.465 e. The number of esters is 1. The van der Waals surface area contributed by atoms with Crippen LogP contribution in [0.15, 0.2) is 24.3 Å². The second-order valence-electron chi connectivity index (χ2n) is 5.21. The molecule has 20 heavy (non-hydrogen) atoms. The fourth-order valence-electron chi connectivity index (χ4n) is 2.07. The van der Waals surface area contributed by atoms with Gasteiger partial charge in [0, 0.05) is 13.1 Å². The van der Waals surface area contributed by atoms with Crippen molar-refractivity contribution in [3.05, 3.63) is 35.4 Å². The summed E-state index contributed by atoms with van der Waals surface area (Å²) in [5, 5.41) is 9.58. The van der Waals surface area contributed by atoms with Crippen molar-refractivity contribution < 1.29 is 23.1 Å². The van der Waals surface area contributed by atoms with E-state index in [2.05, 4.69) is 4.74 Å². The zero-order chi connectivity index (χ0) is 15.0. The van der Waals surface area contributed by atoms with E-state index in [1.807, 2.05) is 0 Å². The van der Waals surface area contributed by atoms with Gasteiger partial charge in [-0.1, -0.05) is 12.1 Å². The van der Waals surface area contributed by atoms with Gasteiger partial charge in [-0.15, -0.1) is 0 Å². The molecule has 0 unspecified atom stereocenters. The molecule has 0 saturated carbocycles. The lowest BCUT2D eigenvalue weighted by Crippen LogP contribution is -2.61. The molecule has 0 amide bonds. The van der Waals surface area contributed by atoms with Gasteiger partial charge >= 0.3 is 5.97 Å². The van der Waals surface area contributed by atoms with E-state index >= 15 is 0 Å². The van der Waals surface area contributed by atoms with Gasteiger partial charge < -0.3 is 9.84 Å². The number of hydrogen-bond donors (Lipinski definition) is 1. The third kappa shape index (κ3) is 3.17. The molecule has 0 bridgehead atoms. The molecule has 1 N–H and O–H groups in total. The van der Waals surface area contributed by atoms with Crippen molar-refractivity contribution in [2.45, 2.75) is 18.3 Å². The highest BCUT2D eigenvalue weighted by molar-refractivity contribution is 7.88. The normalized spacial score (nSPS) is 18.4. The summed E-state index contributed by atoms with van der Waals surface area (Å²) in [7, 11) is -2.14. The van der Waals surface area contributed by atoms with Crippen LogP contribution in [-0.4, -0.2) is 49.6 Å². The Kier molecular flexibility index (Phi) is 3.86. The van der Waals surface area contributed by atoms with E-state index in [0.29, 0.717) is 11.1 Å². The zero-order valence-corrected chi connectivity index (χ0v) is 12.2. The van der Waals surface area contributed by atoms with Crippen LogP contribution in [0.5, 0.6) is 0 Å². The average molecular weight is 299 g/mol. The van der Waals surface area contributed by atoms with Crippen molar-refractivity contribution in [2.75, 3.05) is 20.2 Å². The molecule has 1 aromatic rings. The highest BCUT2D eigenvalue weighted by atomic mass is 32.2. The molecule has 0 radical (unpaired) electrons. The first-order valence-electron chi connectivity index (χ1n) is 6.11. The van der Waals surface area contributed by atoms with Gasteiger partial charge in [0.25, 0.3) is 0 Å². The third-order valence-electron chi connectivity index (χ3n) is 3.15. The number of carbonyl (C=O) groups excluding carboxylic acids is 1. The van der Waals surface area contributed by atoms with Crippen LogP contribution < -0.4 is 0 Å². The molecule has 0 spiro atoms. The first-order valence-corrected chi connectivity index (χ1v) is 7.72. The van der Waals surface area contributed by atoms with Gasteiger partial charge in [-0.25, -0.2) is 13.2 Å². The Morgan fingerprint density at radius 1 is 1.35 bits per heavy atom. The highest BCUT2D eigenvalue weighted by Crippen LogP contribution is 2.25. The molecule has 6 nitrogen and oxygen atoms in total. The number of carbonyl (C=O) groups is 1. The Labute approximate surface area is 118 Å². The minimum absolute atomic E-state index is 0.121. The van der Waals surface area contributed by atoms with E-state index in [1.165, 1.54) is 23.5 Å². The topological polar surface area (TPSA) is 83.9 Å². The summed E-state index contributed by atoms with van der Waals surface area (Å²) in [6.45, 7) is 1.84. The van der Waals surface area contributed by atoms with E-state index in [0.717, 1.165) is 0 Å². The second-order valence-corrected chi connectivity index (χ2v) is 7.18. The second kappa shape index (κ2) is 5.16. The summed E-state index contributed by atoms with van der Waals surface area (Å²) >= 11 is 0. The molecular weight excluding hydrogens is 282 g/mol. The number of benzene rings is 1. The Balaban J connectivity index is 2.05. The average Bonchev–Trinajstić information content (AvgIpc) is 2.35. The SMILES string of the molecule is COC(=O)c1ccc(CS(=O)(=O)N2CC(C)(O)C2)cc1. The van der Waals surface area contributed by atoms with Crippen molar-refractivity contribution >= 4 is 16.0 Å². The van der Waals surface area contributed by atoms with Crippen LogP contribution in [0.3, 0.4) is 0 Å². The molecule has 1 fully saturated rings. The smallest absolute Gasteiger partial charge is 0.337 e. The zero-order valence-electron chi connectivity index (χ0n) is 11.4. The molecule has 0 aromatic heterocycles. The lowest BCUT2D eigenvalue weighted by Gasteiger charge is -2.42. The molecule has 1 aliphatic heterocycles. The first-order chi connectivity index (χ1) is 9.23. The highest BCUT2D eigenvalue weighted by Gasteiger charge is 2.43. The van der Waals surface area contributed by atoms with Crippen molar-refractivity contribution in [1.82, 2.24) is 4.31 Å². The number of rotatable bonds is 4. The van der Waals surface area contributed by atoms with E-state index in [1.54, 1.807) is 19.1 Å². The van der Waals surface area contributed by atoms with Gasteiger partial charge in [0.1, 0.15) is 0 Å². The van der Waals surface area contributed by atoms with Gasteiger partial charge in [-0.2, -0.15) is 4.31 Å². The number of β-amino-alcohol motifs (C(OH)–C–C–N with tert-alkyl or cyclic N) is 1. The van der Waals surface area contributed by atoms with Gasteiger partial charge in [-0.3, -0.25) is 0 Å². The lowest BCUT2D eigenvalue weighted by molar-refractivity contribution is -0.0427. The largest absolute Gasteiger partial charge is 0.465 e. The van der Waals surface area contributed by atoms with Crippen LogP contribution in [0, 0.1) is 0 Å². The number of methoxy groups -OCH3 is 1. The monoisotopic (exact) mass is 299 g/mol. The summed E-state index contributed by atoms with van der Waals surface area (Å²) in [6.07, 6.45) is 0. The first kappa shape index (κ1) is 15.0. The molecule has 2 rings (SSSR count). The van der Waals surface area contributed by atoms with Crippen LogP contribution in [0.1, 0.15) is 22.8 Å². The molecule has 1 saturated heterocycles. The van der Waals surface area contributed by atoms with Crippen LogP contribution in [0.4, 0.5) is 0 Å². The molecule has 110 valence electrons. The summed E-state index contributed by atoms with van der Waals surface area (Å²) < 4.78 is 30.0. The quantitative estimate of drug-likeness (QED) is 0.812. The standard InChI is InChI=1S/C13H17NO5S/c1-13(16)8-14(9-13)20(17,18)7-10-3-5-11(6-4-10)12(15)19-2/h3-6,16H,7-9H2,1-2H3. The van der Waals surface area contributed by atoms with Crippen molar-refractivity contribution in [3.63, 3.8) is 0 Å². The fraction of sp³-hybridized carbons (Fsp3) is 0.462. The molecule has 0 atom stereocenters. The number of sulfonamides is 1. The maximum Gasteiger partial charge on any atom is 0.337 e. The van der Waals surface area contributed by atoms with Gasteiger partial charge in [-0.05, 0) is 24.6 Å². The van der Waals surface area contributed by atoms with Gasteiger partial charge in [0.05, 0.1) is 24.0 Å². The Hall–Kier alpha value is -1.44. The van der Waals surface area contributed by atoms with Gasteiger partial charge in [0.2, 0.25) is 10.0 Å². The number of ether oxygens (including phenoxy) is 1. The Bertz CT molecular complexity index is 598. The molecule has 7 heteroatoms. The summed E-state index contributed by atoms with van der Waals surface area (Å²) in [6, 6.07) is 6.23. The summed E-state index contributed by atoms with van der Waals surface area (Å²) in [5.74, 6) is -0.608. The van der Waals surface area contributed by atoms with Crippen molar-refractivity contribution in [1.29, 1.82) is 0 Å². The molecule has 1 heterocycles. The van der Waals surface area contributed by atoms with Gasteiger partial charge in [0.15, 0.2) is 0 Å². The van der Waals surface area contributed by atoms with Crippen molar-refractivity contribution in [3.8, 4) is 0 Å². The van der Waals surface area contributed by atoms with Crippen LogP contribution in [-0.2, 0) is 20.5 Å². The predicted octanol–water partition coefficient (Wildman–Crippen LogP) is 0.370. The van der Waals surface area contributed by atoms with Crippen LogP contribution in [0.25, 0.3) is 0 Å². The van der Waals surface area contributed by atoms with Crippen molar-refractivity contribution in [2.24, 2.45) is 0 Å². The summed E-state index contributed by atoms with van der Waals surface area (Å²) in [4.78, 5) is 11.3. The molecule has 1 aliphatic rings. The number of hydrogen-bond acceptors (Lipinski definition) is 5. The minimum atomic E-state index is -3.43. The van der Waals surface area contributed by atoms with Crippen LogP contribution >= 0.6 is 0 Å². The third-order valence-corrected chi connectivity index (χ3v) is 4.89. The predicted molar refractivity (Wildman–Crippen MR) is 72.6 cm³/mol. The molecule has 0 aliphatic carbocycles. The summed E-state index contributed by atoms with van der Waals surface area (Å²) in [5.41, 5.74) is 0.0340. The van der Waals surface area contributed by atoms with E-state index in [4.69, 9.17) is 0 Å². The van der Waals surface area contributed by atoms with E-state index in [-0.39, 0.29) is 18.8 Å². The lowest BCUT2D eigenvalue weighted by atomic mass is 10.0. The maximum atomic E-state index is 12.1. The molecular formula is C13H17NO5S. The fourth-order valence-corrected chi connectivity index (χ4v) is 3.81. The van der Waals surface area contributed by atoms with E-state index in [9.17, 15) is 18.3 Å². The molecule has 1 aromatic carbocycles. The number of aliphatic hydroxyl groups is 1. The Morgan fingerprint density at radius 3 is 2.35 bits per heavy atom.